The number of nitrogens with two attached hydrogens (primary N) is 1. The molecule has 3 N–H and O–H groups in total. The average molecular weight is 305 g/mol. The van der Waals surface area contributed by atoms with Gasteiger partial charge in [0, 0.05) is 25.6 Å². The molecule has 1 rings (SSSR count). The molecular weight excluding hydrogens is 280 g/mol. The lowest BCUT2D eigenvalue weighted by molar-refractivity contribution is -0.116. The van der Waals surface area contributed by atoms with Gasteiger partial charge in [0.15, 0.2) is 5.82 Å². The van der Waals surface area contributed by atoms with Crippen molar-refractivity contribution in [3.63, 3.8) is 0 Å². The Labute approximate surface area is 126 Å². The van der Waals surface area contributed by atoms with E-state index < -0.39 is 0 Å². The van der Waals surface area contributed by atoms with Crippen LogP contribution in [0.2, 0.25) is 0 Å². The van der Waals surface area contributed by atoms with Crippen molar-refractivity contribution in [3.8, 4) is 0 Å². The highest BCUT2D eigenvalue weighted by Gasteiger charge is 2.18. The Balaban J connectivity index is 0.00000361. The Morgan fingerprint density at radius 3 is 2.70 bits per heavy atom. The molecule has 1 aromatic heterocycles. The Morgan fingerprint density at radius 2 is 2.20 bits per heavy atom. The van der Waals surface area contributed by atoms with Gasteiger partial charge in [-0.3, -0.25) is 4.79 Å². The smallest absolute Gasteiger partial charge is 0.226 e. The van der Waals surface area contributed by atoms with Gasteiger partial charge in [-0.1, -0.05) is 19.0 Å². The van der Waals surface area contributed by atoms with Crippen molar-refractivity contribution in [2.24, 2.45) is 11.1 Å². The van der Waals surface area contributed by atoms with Crippen LogP contribution in [0.5, 0.6) is 0 Å². The van der Waals surface area contributed by atoms with Crippen LogP contribution in [0.25, 0.3) is 0 Å². The first-order valence-corrected chi connectivity index (χ1v) is 6.44. The number of aryl methyl sites for hydroxylation is 1. The largest absolute Gasteiger partial charge is 0.360 e. The summed E-state index contributed by atoms with van der Waals surface area (Å²) < 4.78 is 4.88. The van der Waals surface area contributed by atoms with Crippen molar-refractivity contribution < 1.29 is 9.32 Å². The topological polar surface area (TPSA) is 84.4 Å². The Morgan fingerprint density at radius 1 is 1.55 bits per heavy atom. The summed E-state index contributed by atoms with van der Waals surface area (Å²) in [4.78, 5) is 13.8. The monoisotopic (exact) mass is 304 g/mol. The molecule has 116 valence electrons. The van der Waals surface area contributed by atoms with E-state index >= 15 is 0 Å². The summed E-state index contributed by atoms with van der Waals surface area (Å²) in [5.41, 5.74) is 5.75. The SMILES string of the molecule is Cc1cc(NC(=O)CCN(C)CC(C)(C)CN)no1.Cl. The normalized spacial score (nSPS) is 11.3. The van der Waals surface area contributed by atoms with Crippen LogP contribution in [-0.4, -0.2) is 42.6 Å². The molecular formula is C13H25ClN4O2. The summed E-state index contributed by atoms with van der Waals surface area (Å²) in [7, 11) is 1.99. The van der Waals surface area contributed by atoms with Crippen LogP contribution >= 0.6 is 12.4 Å². The van der Waals surface area contributed by atoms with Crippen LogP contribution in [0.1, 0.15) is 26.0 Å². The number of carbonyl (C=O) groups is 1. The summed E-state index contributed by atoms with van der Waals surface area (Å²) in [6.07, 6.45) is 0.420. The second-order valence-corrected chi connectivity index (χ2v) is 5.73. The number of hydrogen-bond donors (Lipinski definition) is 2. The van der Waals surface area contributed by atoms with Gasteiger partial charge >= 0.3 is 0 Å². The van der Waals surface area contributed by atoms with Gasteiger partial charge in [0.25, 0.3) is 0 Å². The van der Waals surface area contributed by atoms with E-state index in [1.165, 1.54) is 0 Å². The third-order valence-corrected chi connectivity index (χ3v) is 2.87. The Hall–Kier alpha value is -1.11. The van der Waals surface area contributed by atoms with Crippen LogP contribution in [-0.2, 0) is 4.79 Å². The first-order valence-electron chi connectivity index (χ1n) is 6.44. The minimum absolute atomic E-state index is 0. The number of carbonyl (C=O) groups excluding carboxylic acids is 1. The van der Waals surface area contributed by atoms with Crippen molar-refractivity contribution in [3.05, 3.63) is 11.8 Å². The maximum Gasteiger partial charge on any atom is 0.226 e. The fourth-order valence-corrected chi connectivity index (χ4v) is 1.80. The minimum Gasteiger partial charge on any atom is -0.360 e. The minimum atomic E-state index is -0.0642. The molecule has 0 aromatic carbocycles. The van der Waals surface area contributed by atoms with Gasteiger partial charge in [0.2, 0.25) is 5.91 Å². The van der Waals surface area contributed by atoms with E-state index in [1.807, 2.05) is 7.05 Å². The molecule has 0 aliphatic rings. The van der Waals surface area contributed by atoms with Crippen LogP contribution in [0.4, 0.5) is 5.82 Å². The molecule has 6 nitrogen and oxygen atoms in total. The molecule has 20 heavy (non-hydrogen) atoms. The molecule has 7 heteroatoms. The predicted octanol–water partition coefficient (Wildman–Crippen LogP) is 1.65. The lowest BCUT2D eigenvalue weighted by atomic mass is 9.93. The van der Waals surface area contributed by atoms with Gasteiger partial charge < -0.3 is 20.5 Å². The van der Waals surface area contributed by atoms with Gasteiger partial charge in [-0.15, -0.1) is 12.4 Å². The fraction of sp³-hybridized carbons (Fsp3) is 0.692. The second-order valence-electron chi connectivity index (χ2n) is 5.73. The van der Waals surface area contributed by atoms with Crippen molar-refractivity contribution in [1.29, 1.82) is 0 Å². The lowest BCUT2D eigenvalue weighted by Gasteiger charge is -2.28. The third-order valence-electron chi connectivity index (χ3n) is 2.87. The molecule has 0 radical (unpaired) electrons. The molecule has 0 atom stereocenters. The van der Waals surface area contributed by atoms with E-state index in [1.54, 1.807) is 13.0 Å². The highest BCUT2D eigenvalue weighted by molar-refractivity contribution is 5.89. The number of aromatic nitrogens is 1. The molecule has 0 spiro atoms. The summed E-state index contributed by atoms with van der Waals surface area (Å²) >= 11 is 0. The number of hydrogen-bond acceptors (Lipinski definition) is 5. The quantitative estimate of drug-likeness (QED) is 0.800. The third kappa shape index (κ3) is 6.88. The molecule has 0 unspecified atom stereocenters. The van der Waals surface area contributed by atoms with Crippen molar-refractivity contribution in [2.45, 2.75) is 27.2 Å². The van der Waals surface area contributed by atoms with E-state index in [0.717, 1.165) is 6.54 Å². The van der Waals surface area contributed by atoms with Crippen LogP contribution in [0.15, 0.2) is 10.6 Å². The number of nitrogens with zero attached hydrogens (tertiary/aromatic N) is 2. The summed E-state index contributed by atoms with van der Waals surface area (Å²) in [5, 5.41) is 6.42. The average Bonchev–Trinajstić information content (AvgIpc) is 2.72. The van der Waals surface area contributed by atoms with Crippen molar-refractivity contribution >= 4 is 24.1 Å². The Kier molecular flexibility index (Phi) is 7.78. The van der Waals surface area contributed by atoms with Crippen molar-refractivity contribution in [1.82, 2.24) is 10.1 Å². The summed E-state index contributed by atoms with van der Waals surface area (Å²) in [6.45, 7) is 8.18. The first-order chi connectivity index (χ1) is 8.82. The van der Waals surface area contributed by atoms with Gasteiger partial charge in [-0.2, -0.15) is 0 Å². The van der Waals surface area contributed by atoms with Gasteiger partial charge in [0.05, 0.1) is 0 Å². The lowest BCUT2D eigenvalue weighted by Crippen LogP contribution is -2.37. The zero-order chi connectivity index (χ0) is 14.5. The predicted molar refractivity (Wildman–Crippen MR) is 82.1 cm³/mol. The maximum absolute atomic E-state index is 11.7. The fourth-order valence-electron chi connectivity index (χ4n) is 1.80. The number of rotatable bonds is 7. The summed E-state index contributed by atoms with van der Waals surface area (Å²) in [6, 6.07) is 1.69. The van der Waals surface area contributed by atoms with Gasteiger partial charge in [-0.05, 0) is 25.9 Å². The highest BCUT2D eigenvalue weighted by atomic mass is 35.5. The molecule has 0 fully saturated rings. The number of amides is 1. The number of halogens is 1. The molecule has 1 amide bonds. The molecule has 0 saturated carbocycles. The molecule has 1 heterocycles. The van der Waals surface area contributed by atoms with Gasteiger partial charge in [-0.25, -0.2) is 0 Å². The molecule has 0 aliphatic heterocycles. The number of anilines is 1. The van der Waals surface area contributed by atoms with E-state index in [-0.39, 0.29) is 23.7 Å². The maximum atomic E-state index is 11.7. The second kappa shape index (κ2) is 8.24. The molecule has 0 bridgehead atoms. The summed E-state index contributed by atoms with van der Waals surface area (Å²) in [5.74, 6) is 1.08. The van der Waals surface area contributed by atoms with E-state index in [4.69, 9.17) is 10.3 Å². The zero-order valence-corrected chi connectivity index (χ0v) is 13.4. The Bertz CT molecular complexity index is 420. The van der Waals surface area contributed by atoms with E-state index in [9.17, 15) is 4.79 Å². The molecule has 0 saturated heterocycles. The zero-order valence-electron chi connectivity index (χ0n) is 12.6. The van der Waals surface area contributed by atoms with Crippen LogP contribution in [0.3, 0.4) is 0 Å². The first kappa shape index (κ1) is 18.9. The van der Waals surface area contributed by atoms with E-state index in [0.29, 0.717) is 31.1 Å². The molecule has 0 aliphatic carbocycles. The number of nitrogens with one attached hydrogen (secondary N) is 1. The van der Waals surface area contributed by atoms with Gasteiger partial charge in [0.1, 0.15) is 5.76 Å². The molecule has 1 aromatic rings. The van der Waals surface area contributed by atoms with Crippen LogP contribution < -0.4 is 11.1 Å². The van der Waals surface area contributed by atoms with Crippen molar-refractivity contribution in [2.75, 3.05) is 32.0 Å². The van der Waals surface area contributed by atoms with E-state index in [2.05, 4.69) is 29.2 Å². The standard InChI is InChI=1S/C13H24N4O2.ClH/c1-10-7-11(16-19-10)15-12(18)5-6-17(4)9-13(2,3)8-14;/h7H,5-6,8-9,14H2,1-4H3,(H,15,16,18);1H. The highest BCUT2D eigenvalue weighted by Crippen LogP contribution is 2.14. The van der Waals surface area contributed by atoms with Crippen LogP contribution in [0, 0.1) is 12.3 Å².